The van der Waals surface area contributed by atoms with Gasteiger partial charge in [0.2, 0.25) is 0 Å². The highest BCUT2D eigenvalue weighted by Gasteiger charge is 2.15. The summed E-state index contributed by atoms with van der Waals surface area (Å²) in [5, 5.41) is 0. The Morgan fingerprint density at radius 2 is 1.75 bits per heavy atom. The third-order valence-corrected chi connectivity index (χ3v) is 3.42. The first kappa shape index (κ1) is 13.6. The number of allylic oxidation sites excluding steroid dienone is 1. The van der Waals surface area contributed by atoms with Gasteiger partial charge < -0.3 is 4.90 Å². The van der Waals surface area contributed by atoms with Crippen LogP contribution in [0.15, 0.2) is 12.3 Å². The zero-order chi connectivity index (χ0) is 12.0. The zero-order valence-corrected chi connectivity index (χ0v) is 11.3. The molecule has 0 atom stereocenters. The van der Waals surface area contributed by atoms with Gasteiger partial charge in [0, 0.05) is 31.9 Å². The van der Waals surface area contributed by atoms with Crippen LogP contribution in [-0.4, -0.2) is 42.5 Å². The third kappa shape index (κ3) is 5.02. The van der Waals surface area contributed by atoms with Gasteiger partial charge in [-0.05, 0) is 25.8 Å². The Labute approximate surface area is 101 Å². The topological polar surface area (TPSA) is 6.48 Å². The SMILES string of the molecule is C=C(C)N1CCN(CCCCC(C)C)CC1. The summed E-state index contributed by atoms with van der Waals surface area (Å²) >= 11 is 0. The average Bonchev–Trinajstić information content (AvgIpc) is 2.25. The molecule has 0 aromatic rings. The highest BCUT2D eigenvalue weighted by molar-refractivity contribution is 4.91. The highest BCUT2D eigenvalue weighted by atomic mass is 15.3. The Bertz CT molecular complexity index is 203. The van der Waals surface area contributed by atoms with Gasteiger partial charge in [-0.15, -0.1) is 0 Å². The number of unbranched alkanes of at least 4 members (excludes halogenated alkanes) is 1. The molecule has 0 aliphatic carbocycles. The molecule has 1 fully saturated rings. The molecule has 0 N–H and O–H groups in total. The van der Waals surface area contributed by atoms with Crippen LogP contribution < -0.4 is 0 Å². The molecule has 0 bridgehead atoms. The smallest absolute Gasteiger partial charge is 0.0303 e. The molecule has 0 spiro atoms. The van der Waals surface area contributed by atoms with Crippen LogP contribution in [0.1, 0.15) is 40.0 Å². The second-order valence-corrected chi connectivity index (χ2v) is 5.45. The summed E-state index contributed by atoms with van der Waals surface area (Å²) in [6, 6.07) is 0. The van der Waals surface area contributed by atoms with Crippen molar-refractivity contribution in [2.75, 3.05) is 32.7 Å². The van der Waals surface area contributed by atoms with Crippen molar-refractivity contribution in [3.63, 3.8) is 0 Å². The molecule has 1 heterocycles. The number of hydrogen-bond donors (Lipinski definition) is 0. The van der Waals surface area contributed by atoms with E-state index in [-0.39, 0.29) is 0 Å². The Morgan fingerprint density at radius 3 is 2.25 bits per heavy atom. The first-order valence-corrected chi connectivity index (χ1v) is 6.72. The molecule has 0 amide bonds. The van der Waals surface area contributed by atoms with Gasteiger partial charge in [-0.3, -0.25) is 4.90 Å². The van der Waals surface area contributed by atoms with E-state index in [0.717, 1.165) is 5.92 Å². The molecule has 1 aliphatic rings. The number of hydrogen-bond acceptors (Lipinski definition) is 2. The molecule has 16 heavy (non-hydrogen) atoms. The predicted octanol–water partition coefficient (Wildman–Crippen LogP) is 2.96. The van der Waals surface area contributed by atoms with Crippen LogP contribution in [0.5, 0.6) is 0 Å². The largest absolute Gasteiger partial charge is 0.373 e. The molecule has 0 aromatic carbocycles. The Balaban J connectivity index is 2.06. The molecule has 1 rings (SSSR count). The van der Waals surface area contributed by atoms with Gasteiger partial charge in [0.15, 0.2) is 0 Å². The summed E-state index contributed by atoms with van der Waals surface area (Å²) in [6.45, 7) is 16.8. The molecule has 0 saturated carbocycles. The molecule has 0 aromatic heterocycles. The molecule has 0 radical (unpaired) electrons. The summed E-state index contributed by atoms with van der Waals surface area (Å²) in [4.78, 5) is 4.99. The Hall–Kier alpha value is -0.500. The maximum absolute atomic E-state index is 4.01. The molecule has 0 unspecified atom stereocenters. The third-order valence-electron chi connectivity index (χ3n) is 3.42. The fourth-order valence-electron chi connectivity index (χ4n) is 2.24. The van der Waals surface area contributed by atoms with Gasteiger partial charge in [-0.2, -0.15) is 0 Å². The van der Waals surface area contributed by atoms with Crippen molar-refractivity contribution < 1.29 is 0 Å². The van der Waals surface area contributed by atoms with Gasteiger partial charge in [-0.25, -0.2) is 0 Å². The van der Waals surface area contributed by atoms with Crippen LogP contribution in [0.3, 0.4) is 0 Å². The zero-order valence-electron chi connectivity index (χ0n) is 11.3. The van der Waals surface area contributed by atoms with Crippen LogP contribution in [0, 0.1) is 5.92 Å². The Kier molecular flexibility index (Phi) is 5.89. The highest BCUT2D eigenvalue weighted by Crippen LogP contribution is 2.10. The van der Waals surface area contributed by atoms with Crippen molar-refractivity contribution in [1.29, 1.82) is 0 Å². The molecule has 2 nitrogen and oxygen atoms in total. The second kappa shape index (κ2) is 6.95. The van der Waals surface area contributed by atoms with E-state index in [1.165, 1.54) is 57.7 Å². The first-order valence-electron chi connectivity index (χ1n) is 6.72. The van der Waals surface area contributed by atoms with Crippen LogP contribution in [0.2, 0.25) is 0 Å². The minimum atomic E-state index is 0.861. The van der Waals surface area contributed by atoms with E-state index >= 15 is 0 Å². The van der Waals surface area contributed by atoms with Crippen molar-refractivity contribution in [3.8, 4) is 0 Å². The van der Waals surface area contributed by atoms with E-state index in [4.69, 9.17) is 0 Å². The van der Waals surface area contributed by atoms with Gasteiger partial charge >= 0.3 is 0 Å². The van der Waals surface area contributed by atoms with Crippen molar-refractivity contribution in [3.05, 3.63) is 12.3 Å². The standard InChI is InChI=1S/C14H28N2/c1-13(2)7-5-6-8-15-9-11-16(12-10-15)14(3)4/h13H,3,5-12H2,1-2,4H3. The summed E-state index contributed by atoms with van der Waals surface area (Å²) in [5.74, 6) is 0.861. The van der Waals surface area contributed by atoms with E-state index in [9.17, 15) is 0 Å². The van der Waals surface area contributed by atoms with Gasteiger partial charge in [0.1, 0.15) is 0 Å². The fourth-order valence-corrected chi connectivity index (χ4v) is 2.24. The lowest BCUT2D eigenvalue weighted by Crippen LogP contribution is -2.45. The van der Waals surface area contributed by atoms with Crippen LogP contribution in [-0.2, 0) is 0 Å². The van der Waals surface area contributed by atoms with E-state index < -0.39 is 0 Å². The van der Waals surface area contributed by atoms with Gasteiger partial charge in [-0.1, -0.05) is 33.3 Å². The van der Waals surface area contributed by atoms with E-state index in [1.54, 1.807) is 0 Å². The minimum absolute atomic E-state index is 0.861. The van der Waals surface area contributed by atoms with Crippen molar-refractivity contribution in [2.45, 2.75) is 40.0 Å². The molecule has 94 valence electrons. The average molecular weight is 224 g/mol. The lowest BCUT2D eigenvalue weighted by Gasteiger charge is -2.36. The van der Waals surface area contributed by atoms with Crippen LogP contribution >= 0.6 is 0 Å². The second-order valence-electron chi connectivity index (χ2n) is 5.45. The molecular weight excluding hydrogens is 196 g/mol. The normalized spacial score (nSPS) is 18.1. The van der Waals surface area contributed by atoms with Crippen LogP contribution in [0.4, 0.5) is 0 Å². The molecule has 1 aliphatic heterocycles. The monoisotopic (exact) mass is 224 g/mol. The van der Waals surface area contributed by atoms with Crippen molar-refractivity contribution in [2.24, 2.45) is 5.92 Å². The maximum atomic E-state index is 4.01. The summed E-state index contributed by atoms with van der Waals surface area (Å²) in [6.07, 6.45) is 4.13. The number of piperazine rings is 1. The molecule has 1 saturated heterocycles. The quantitative estimate of drug-likeness (QED) is 0.640. The summed E-state index contributed by atoms with van der Waals surface area (Å²) in [5.41, 5.74) is 1.22. The van der Waals surface area contributed by atoms with Gasteiger partial charge in [0.05, 0.1) is 0 Å². The fraction of sp³-hybridized carbons (Fsp3) is 0.857. The first-order chi connectivity index (χ1) is 7.59. The minimum Gasteiger partial charge on any atom is -0.373 e. The van der Waals surface area contributed by atoms with Gasteiger partial charge in [0.25, 0.3) is 0 Å². The Morgan fingerprint density at radius 1 is 1.12 bits per heavy atom. The summed E-state index contributed by atoms with van der Waals surface area (Å²) < 4.78 is 0. The number of nitrogens with zero attached hydrogens (tertiary/aromatic N) is 2. The lowest BCUT2D eigenvalue weighted by atomic mass is 10.1. The lowest BCUT2D eigenvalue weighted by molar-refractivity contribution is 0.157. The van der Waals surface area contributed by atoms with E-state index in [0.29, 0.717) is 0 Å². The maximum Gasteiger partial charge on any atom is 0.0303 e. The van der Waals surface area contributed by atoms with E-state index in [1.807, 2.05) is 0 Å². The van der Waals surface area contributed by atoms with Crippen molar-refractivity contribution in [1.82, 2.24) is 9.80 Å². The van der Waals surface area contributed by atoms with Crippen molar-refractivity contribution >= 4 is 0 Å². The predicted molar refractivity (Wildman–Crippen MR) is 71.5 cm³/mol. The van der Waals surface area contributed by atoms with E-state index in [2.05, 4.69) is 37.1 Å². The molecule has 2 heteroatoms. The van der Waals surface area contributed by atoms with Crippen LogP contribution in [0.25, 0.3) is 0 Å². The molecular formula is C14H28N2. The number of rotatable bonds is 6. The summed E-state index contributed by atoms with van der Waals surface area (Å²) in [7, 11) is 0.